The van der Waals surface area contributed by atoms with Gasteiger partial charge in [-0.25, -0.2) is 0 Å². The third-order valence-electron chi connectivity index (χ3n) is 3.35. The van der Waals surface area contributed by atoms with E-state index in [-0.39, 0.29) is 11.9 Å². The number of carbonyl (C=O) groups is 1. The van der Waals surface area contributed by atoms with Gasteiger partial charge in [-0.05, 0) is 31.4 Å². The van der Waals surface area contributed by atoms with Crippen LogP contribution in [0.25, 0.3) is 0 Å². The summed E-state index contributed by atoms with van der Waals surface area (Å²) in [6.45, 7) is 0.900. The van der Waals surface area contributed by atoms with Gasteiger partial charge in [-0.1, -0.05) is 30.3 Å². The van der Waals surface area contributed by atoms with E-state index in [1.807, 2.05) is 6.07 Å². The Morgan fingerprint density at radius 1 is 1.41 bits per heavy atom. The predicted molar refractivity (Wildman–Crippen MR) is 66.7 cm³/mol. The van der Waals surface area contributed by atoms with Crippen LogP contribution in [0.4, 0.5) is 0 Å². The molecule has 1 aliphatic heterocycles. The second-order valence-electron chi connectivity index (χ2n) is 4.59. The van der Waals surface area contributed by atoms with Gasteiger partial charge in [-0.3, -0.25) is 4.79 Å². The normalized spacial score (nSPS) is 24.3. The summed E-state index contributed by atoms with van der Waals surface area (Å²) in [5.74, 6) is -0.000441. The second-order valence-corrected chi connectivity index (χ2v) is 4.59. The average Bonchev–Trinajstić information content (AvgIpc) is 2.39. The summed E-state index contributed by atoms with van der Waals surface area (Å²) in [6, 6.07) is 10.8. The van der Waals surface area contributed by atoms with Crippen LogP contribution in [-0.2, 0) is 16.0 Å². The predicted octanol–water partition coefficient (Wildman–Crippen LogP) is 1.77. The number of hydrogen-bond acceptors (Lipinski definition) is 3. The van der Waals surface area contributed by atoms with Crippen LogP contribution < -0.4 is 5.32 Å². The molecule has 1 saturated heterocycles. The Hall–Kier alpha value is -1.35. The SMILES string of the molecule is COC(=O)C1CCNC(Cc2ccccc2)C1. The van der Waals surface area contributed by atoms with Gasteiger partial charge in [-0.2, -0.15) is 0 Å². The van der Waals surface area contributed by atoms with E-state index in [1.165, 1.54) is 12.7 Å². The number of methoxy groups -OCH3 is 1. The number of rotatable bonds is 3. The molecule has 0 amide bonds. The van der Waals surface area contributed by atoms with Crippen LogP contribution in [0, 0.1) is 5.92 Å². The van der Waals surface area contributed by atoms with Gasteiger partial charge in [0.1, 0.15) is 0 Å². The summed E-state index contributed by atoms with van der Waals surface area (Å²) < 4.78 is 4.82. The molecule has 2 rings (SSSR count). The molecular weight excluding hydrogens is 214 g/mol. The molecule has 1 fully saturated rings. The molecule has 0 radical (unpaired) electrons. The largest absolute Gasteiger partial charge is 0.469 e. The molecular formula is C14H19NO2. The van der Waals surface area contributed by atoms with Crippen molar-refractivity contribution in [2.45, 2.75) is 25.3 Å². The minimum Gasteiger partial charge on any atom is -0.469 e. The highest BCUT2D eigenvalue weighted by atomic mass is 16.5. The van der Waals surface area contributed by atoms with Crippen molar-refractivity contribution in [1.29, 1.82) is 0 Å². The van der Waals surface area contributed by atoms with E-state index in [0.717, 1.165) is 25.8 Å². The molecule has 1 N–H and O–H groups in total. The zero-order chi connectivity index (χ0) is 12.1. The van der Waals surface area contributed by atoms with Gasteiger partial charge in [0.25, 0.3) is 0 Å². The lowest BCUT2D eigenvalue weighted by molar-refractivity contribution is -0.146. The Balaban J connectivity index is 1.92. The first-order valence-corrected chi connectivity index (χ1v) is 6.14. The van der Waals surface area contributed by atoms with Crippen LogP contribution in [0.1, 0.15) is 18.4 Å². The first-order chi connectivity index (χ1) is 8.29. The van der Waals surface area contributed by atoms with Crippen LogP contribution in [-0.4, -0.2) is 25.7 Å². The number of esters is 1. The van der Waals surface area contributed by atoms with Crippen LogP contribution in [0.5, 0.6) is 0 Å². The van der Waals surface area contributed by atoms with Gasteiger partial charge in [0.15, 0.2) is 0 Å². The Labute approximate surface area is 102 Å². The summed E-state index contributed by atoms with van der Waals surface area (Å²) >= 11 is 0. The standard InChI is InChI=1S/C14H19NO2/c1-17-14(16)12-7-8-15-13(10-12)9-11-5-3-2-4-6-11/h2-6,12-13,15H,7-10H2,1H3. The Bertz CT molecular complexity index is 364. The molecule has 0 aliphatic carbocycles. The zero-order valence-corrected chi connectivity index (χ0v) is 10.2. The highest BCUT2D eigenvalue weighted by Gasteiger charge is 2.27. The van der Waals surface area contributed by atoms with Crippen molar-refractivity contribution in [3.8, 4) is 0 Å². The van der Waals surface area contributed by atoms with E-state index in [1.54, 1.807) is 0 Å². The first kappa shape index (κ1) is 12.1. The molecule has 92 valence electrons. The fourth-order valence-electron chi connectivity index (χ4n) is 2.44. The Kier molecular flexibility index (Phi) is 4.15. The van der Waals surface area contributed by atoms with Crippen LogP contribution in [0.2, 0.25) is 0 Å². The minimum atomic E-state index is -0.0652. The van der Waals surface area contributed by atoms with E-state index in [4.69, 9.17) is 4.74 Å². The maximum atomic E-state index is 11.5. The highest BCUT2D eigenvalue weighted by Crippen LogP contribution is 2.20. The van der Waals surface area contributed by atoms with Gasteiger partial charge in [0.2, 0.25) is 0 Å². The van der Waals surface area contributed by atoms with Gasteiger partial charge in [0.05, 0.1) is 13.0 Å². The Morgan fingerprint density at radius 3 is 2.88 bits per heavy atom. The lowest BCUT2D eigenvalue weighted by atomic mass is 9.89. The quantitative estimate of drug-likeness (QED) is 0.809. The van der Waals surface area contributed by atoms with E-state index < -0.39 is 0 Å². The molecule has 1 heterocycles. The lowest BCUT2D eigenvalue weighted by Gasteiger charge is -2.28. The molecule has 2 atom stereocenters. The Morgan fingerprint density at radius 2 is 2.18 bits per heavy atom. The van der Waals surface area contributed by atoms with Gasteiger partial charge >= 0.3 is 5.97 Å². The molecule has 2 unspecified atom stereocenters. The molecule has 3 nitrogen and oxygen atoms in total. The number of ether oxygens (including phenoxy) is 1. The third-order valence-corrected chi connectivity index (χ3v) is 3.35. The summed E-state index contributed by atoms with van der Waals surface area (Å²) in [7, 11) is 1.47. The van der Waals surface area contributed by atoms with Gasteiger partial charge in [0, 0.05) is 6.04 Å². The van der Waals surface area contributed by atoms with Crippen LogP contribution >= 0.6 is 0 Å². The van der Waals surface area contributed by atoms with E-state index in [2.05, 4.69) is 29.6 Å². The summed E-state index contributed by atoms with van der Waals surface area (Å²) in [5, 5.41) is 3.47. The minimum absolute atomic E-state index is 0.0648. The van der Waals surface area contributed by atoms with E-state index in [0.29, 0.717) is 6.04 Å². The number of piperidine rings is 1. The monoisotopic (exact) mass is 233 g/mol. The fourth-order valence-corrected chi connectivity index (χ4v) is 2.44. The topological polar surface area (TPSA) is 38.3 Å². The molecule has 0 bridgehead atoms. The van der Waals surface area contributed by atoms with Crippen molar-refractivity contribution in [2.24, 2.45) is 5.92 Å². The van der Waals surface area contributed by atoms with Crippen molar-refractivity contribution < 1.29 is 9.53 Å². The van der Waals surface area contributed by atoms with Crippen LogP contribution in [0.15, 0.2) is 30.3 Å². The van der Waals surface area contributed by atoms with Gasteiger partial charge in [-0.15, -0.1) is 0 Å². The second kappa shape index (κ2) is 5.82. The lowest BCUT2D eigenvalue weighted by Crippen LogP contribution is -2.42. The molecule has 17 heavy (non-hydrogen) atoms. The first-order valence-electron chi connectivity index (χ1n) is 6.14. The van der Waals surface area contributed by atoms with Crippen molar-refractivity contribution in [3.05, 3.63) is 35.9 Å². The van der Waals surface area contributed by atoms with E-state index in [9.17, 15) is 4.79 Å². The van der Waals surface area contributed by atoms with Crippen molar-refractivity contribution >= 4 is 5.97 Å². The number of carbonyl (C=O) groups excluding carboxylic acids is 1. The summed E-state index contributed by atoms with van der Waals surface area (Å²) in [5.41, 5.74) is 1.32. The number of hydrogen-bond donors (Lipinski definition) is 1. The maximum absolute atomic E-state index is 11.5. The van der Waals surface area contributed by atoms with Crippen molar-refractivity contribution in [1.82, 2.24) is 5.32 Å². The summed E-state index contributed by atoms with van der Waals surface area (Å²) in [4.78, 5) is 11.5. The fraction of sp³-hybridized carbons (Fsp3) is 0.500. The highest BCUT2D eigenvalue weighted by molar-refractivity contribution is 5.72. The zero-order valence-electron chi connectivity index (χ0n) is 10.2. The molecule has 0 saturated carbocycles. The third kappa shape index (κ3) is 3.30. The molecule has 1 aromatic rings. The molecule has 1 aliphatic rings. The number of nitrogens with one attached hydrogen (secondary N) is 1. The molecule has 3 heteroatoms. The average molecular weight is 233 g/mol. The number of benzene rings is 1. The van der Waals surface area contributed by atoms with Crippen molar-refractivity contribution in [2.75, 3.05) is 13.7 Å². The van der Waals surface area contributed by atoms with Crippen molar-refractivity contribution in [3.63, 3.8) is 0 Å². The molecule has 0 aromatic heterocycles. The van der Waals surface area contributed by atoms with Gasteiger partial charge < -0.3 is 10.1 Å². The smallest absolute Gasteiger partial charge is 0.308 e. The summed E-state index contributed by atoms with van der Waals surface area (Å²) in [6.07, 6.45) is 2.74. The maximum Gasteiger partial charge on any atom is 0.308 e. The molecule has 1 aromatic carbocycles. The van der Waals surface area contributed by atoms with Crippen LogP contribution in [0.3, 0.4) is 0 Å². The van der Waals surface area contributed by atoms with E-state index >= 15 is 0 Å². The molecule has 0 spiro atoms.